The number of benzene rings is 3. The zero-order valence-electron chi connectivity index (χ0n) is 10.7. The Balaban J connectivity index is 1.87. The van der Waals surface area contributed by atoms with Crippen LogP contribution in [0, 0.1) is 3.57 Å². The number of nitrogens with one attached hydrogen (secondary N) is 1. The highest BCUT2D eigenvalue weighted by Crippen LogP contribution is 2.25. The fraction of sp³-hybridized carbons (Fsp3) is 0.0588. The van der Waals surface area contributed by atoms with Crippen LogP contribution in [0.1, 0.15) is 5.56 Å². The molecule has 1 nitrogen and oxygen atoms in total. The first-order valence-electron chi connectivity index (χ1n) is 6.39. The highest BCUT2D eigenvalue weighted by molar-refractivity contribution is 14.1. The van der Waals surface area contributed by atoms with E-state index in [-0.39, 0.29) is 0 Å². The molecule has 3 rings (SSSR count). The van der Waals surface area contributed by atoms with Crippen molar-refractivity contribution in [3.05, 3.63) is 74.8 Å². The third kappa shape index (κ3) is 2.91. The molecular formula is C17H13ClIN. The van der Waals surface area contributed by atoms with Crippen molar-refractivity contribution in [3.63, 3.8) is 0 Å². The lowest BCUT2D eigenvalue weighted by atomic mass is 10.0. The maximum atomic E-state index is 6.25. The molecule has 0 bridgehead atoms. The topological polar surface area (TPSA) is 12.0 Å². The largest absolute Gasteiger partial charge is 0.380 e. The second kappa shape index (κ2) is 6.02. The summed E-state index contributed by atoms with van der Waals surface area (Å²) in [5.41, 5.74) is 2.25. The van der Waals surface area contributed by atoms with Gasteiger partial charge in [-0.05, 0) is 57.1 Å². The third-order valence-electron chi connectivity index (χ3n) is 3.28. The molecule has 0 saturated carbocycles. The van der Waals surface area contributed by atoms with Crippen molar-refractivity contribution in [1.82, 2.24) is 0 Å². The summed E-state index contributed by atoms with van der Waals surface area (Å²) < 4.78 is 1.14. The van der Waals surface area contributed by atoms with Crippen LogP contribution in [0.5, 0.6) is 0 Å². The summed E-state index contributed by atoms with van der Waals surface area (Å²) in [4.78, 5) is 0. The number of fused-ring (bicyclic) bond motifs is 1. The quantitative estimate of drug-likeness (QED) is 0.562. The van der Waals surface area contributed by atoms with Crippen molar-refractivity contribution in [3.8, 4) is 0 Å². The molecule has 3 heteroatoms. The van der Waals surface area contributed by atoms with Gasteiger partial charge in [0.05, 0.1) is 10.7 Å². The van der Waals surface area contributed by atoms with E-state index in [0.29, 0.717) is 0 Å². The first-order valence-corrected chi connectivity index (χ1v) is 7.85. The van der Waals surface area contributed by atoms with Crippen LogP contribution in [0.25, 0.3) is 10.8 Å². The summed E-state index contributed by atoms with van der Waals surface area (Å²) in [7, 11) is 0. The number of anilines is 1. The van der Waals surface area contributed by atoms with Crippen molar-refractivity contribution in [2.24, 2.45) is 0 Å². The Bertz CT molecular complexity index is 750. The van der Waals surface area contributed by atoms with Crippen LogP contribution in [0.4, 0.5) is 5.69 Å². The fourth-order valence-corrected chi connectivity index (χ4v) is 3.19. The normalized spacial score (nSPS) is 10.7. The Morgan fingerprint density at radius 1 is 0.950 bits per heavy atom. The number of hydrogen-bond acceptors (Lipinski definition) is 1. The molecule has 20 heavy (non-hydrogen) atoms. The van der Waals surface area contributed by atoms with E-state index in [1.54, 1.807) is 0 Å². The van der Waals surface area contributed by atoms with E-state index < -0.39 is 0 Å². The monoisotopic (exact) mass is 393 g/mol. The predicted octanol–water partition coefficient (Wildman–Crippen LogP) is 5.71. The van der Waals surface area contributed by atoms with Gasteiger partial charge in [0, 0.05) is 10.1 Å². The van der Waals surface area contributed by atoms with E-state index in [1.807, 2.05) is 12.1 Å². The summed E-state index contributed by atoms with van der Waals surface area (Å²) in [5, 5.41) is 6.72. The lowest BCUT2D eigenvalue weighted by Gasteiger charge is -2.11. The standard InChI is InChI=1S/C17H13ClIN/c18-16-10-14(19)8-9-17(16)20-11-13-6-3-5-12-4-1-2-7-15(12)13/h1-10,20H,11H2. The Hall–Kier alpha value is -1.26. The van der Waals surface area contributed by atoms with Crippen LogP contribution in [0.2, 0.25) is 5.02 Å². The summed E-state index contributed by atoms with van der Waals surface area (Å²) in [6.45, 7) is 0.766. The summed E-state index contributed by atoms with van der Waals surface area (Å²) >= 11 is 8.51. The van der Waals surface area contributed by atoms with Crippen molar-refractivity contribution >= 4 is 50.7 Å². The van der Waals surface area contributed by atoms with Gasteiger partial charge in [0.15, 0.2) is 0 Å². The molecule has 100 valence electrons. The molecule has 0 heterocycles. The van der Waals surface area contributed by atoms with Gasteiger partial charge in [0.25, 0.3) is 0 Å². The second-order valence-electron chi connectivity index (χ2n) is 4.62. The van der Waals surface area contributed by atoms with Crippen LogP contribution >= 0.6 is 34.2 Å². The van der Waals surface area contributed by atoms with Gasteiger partial charge in [-0.15, -0.1) is 0 Å². The lowest BCUT2D eigenvalue weighted by Crippen LogP contribution is -2.00. The molecular weight excluding hydrogens is 381 g/mol. The third-order valence-corrected chi connectivity index (χ3v) is 4.26. The van der Waals surface area contributed by atoms with Crippen LogP contribution in [-0.2, 0) is 6.54 Å². The maximum Gasteiger partial charge on any atom is 0.0648 e. The Morgan fingerprint density at radius 2 is 1.75 bits per heavy atom. The second-order valence-corrected chi connectivity index (χ2v) is 6.27. The molecule has 0 saturated heterocycles. The van der Waals surface area contributed by atoms with E-state index in [0.717, 1.165) is 20.8 Å². The van der Waals surface area contributed by atoms with Crippen LogP contribution in [-0.4, -0.2) is 0 Å². The van der Waals surface area contributed by atoms with Gasteiger partial charge >= 0.3 is 0 Å². The van der Waals surface area contributed by atoms with Gasteiger partial charge in [-0.2, -0.15) is 0 Å². The minimum absolute atomic E-state index is 0.761. The molecule has 0 fully saturated rings. The molecule has 0 aliphatic carbocycles. The fourth-order valence-electron chi connectivity index (χ4n) is 2.27. The van der Waals surface area contributed by atoms with Crippen LogP contribution < -0.4 is 5.32 Å². The average Bonchev–Trinajstić information content (AvgIpc) is 2.46. The van der Waals surface area contributed by atoms with Crippen LogP contribution in [0.15, 0.2) is 60.7 Å². The van der Waals surface area contributed by atoms with E-state index in [2.05, 4.69) is 76.4 Å². The van der Waals surface area contributed by atoms with E-state index in [4.69, 9.17) is 11.6 Å². The van der Waals surface area contributed by atoms with Crippen molar-refractivity contribution in [1.29, 1.82) is 0 Å². The smallest absolute Gasteiger partial charge is 0.0648 e. The SMILES string of the molecule is Clc1cc(I)ccc1NCc1cccc2ccccc12. The summed E-state index contributed by atoms with van der Waals surface area (Å²) in [6.07, 6.45) is 0. The highest BCUT2D eigenvalue weighted by Gasteiger charge is 2.03. The number of rotatable bonds is 3. The molecule has 0 aromatic heterocycles. The van der Waals surface area contributed by atoms with E-state index in [9.17, 15) is 0 Å². The predicted molar refractivity (Wildman–Crippen MR) is 95.4 cm³/mol. The molecule has 0 radical (unpaired) electrons. The molecule has 0 aliphatic heterocycles. The maximum absolute atomic E-state index is 6.25. The van der Waals surface area contributed by atoms with Gasteiger partial charge < -0.3 is 5.32 Å². The minimum Gasteiger partial charge on any atom is -0.380 e. The van der Waals surface area contributed by atoms with Crippen molar-refractivity contribution in [2.75, 3.05) is 5.32 Å². The molecule has 3 aromatic carbocycles. The molecule has 0 unspecified atom stereocenters. The Labute approximate surface area is 137 Å². The first-order chi connectivity index (χ1) is 9.74. The molecule has 0 spiro atoms. The van der Waals surface area contributed by atoms with Gasteiger partial charge in [-0.3, -0.25) is 0 Å². The molecule has 0 amide bonds. The Morgan fingerprint density at radius 3 is 2.60 bits per heavy atom. The van der Waals surface area contributed by atoms with E-state index in [1.165, 1.54) is 16.3 Å². The zero-order chi connectivity index (χ0) is 13.9. The minimum atomic E-state index is 0.761. The summed E-state index contributed by atoms with van der Waals surface area (Å²) in [5.74, 6) is 0. The number of halogens is 2. The zero-order valence-corrected chi connectivity index (χ0v) is 13.6. The highest BCUT2D eigenvalue weighted by atomic mass is 127. The average molecular weight is 394 g/mol. The molecule has 1 N–H and O–H groups in total. The van der Waals surface area contributed by atoms with Gasteiger partial charge in [-0.25, -0.2) is 0 Å². The van der Waals surface area contributed by atoms with Gasteiger partial charge in [0.2, 0.25) is 0 Å². The summed E-state index contributed by atoms with van der Waals surface area (Å²) in [6, 6.07) is 20.8. The molecule has 0 aliphatic rings. The first kappa shape index (κ1) is 13.7. The molecule has 3 aromatic rings. The Kier molecular flexibility index (Phi) is 4.13. The van der Waals surface area contributed by atoms with Crippen molar-refractivity contribution < 1.29 is 0 Å². The van der Waals surface area contributed by atoms with E-state index >= 15 is 0 Å². The lowest BCUT2D eigenvalue weighted by molar-refractivity contribution is 1.17. The number of hydrogen-bond donors (Lipinski definition) is 1. The van der Waals surface area contributed by atoms with Crippen molar-refractivity contribution in [2.45, 2.75) is 6.54 Å². The molecule has 0 atom stereocenters. The van der Waals surface area contributed by atoms with Crippen LogP contribution in [0.3, 0.4) is 0 Å². The van der Waals surface area contributed by atoms with Gasteiger partial charge in [-0.1, -0.05) is 54.1 Å². The van der Waals surface area contributed by atoms with Gasteiger partial charge in [0.1, 0.15) is 0 Å².